The van der Waals surface area contributed by atoms with Crippen LogP contribution in [0.15, 0.2) is 29.7 Å². The van der Waals surface area contributed by atoms with E-state index in [0.717, 1.165) is 11.9 Å². The van der Waals surface area contributed by atoms with E-state index in [0.29, 0.717) is 5.56 Å². The van der Waals surface area contributed by atoms with Crippen LogP contribution in [0.5, 0.6) is 5.75 Å². The molecule has 0 fully saturated rings. The van der Waals surface area contributed by atoms with Gasteiger partial charge in [-0.1, -0.05) is 18.2 Å². The molecule has 0 unspecified atom stereocenters. The molecule has 5 heteroatoms. The molecule has 1 aromatic carbocycles. The Morgan fingerprint density at radius 1 is 1.50 bits per heavy atom. The number of carbonyl (C=O) groups is 1. The average molecular weight is 210 g/mol. The van der Waals surface area contributed by atoms with Gasteiger partial charge in [0.05, 0.1) is 0 Å². The summed E-state index contributed by atoms with van der Waals surface area (Å²) in [5.41, 5.74) is 5.53. The molecule has 1 rings (SSSR count). The highest BCUT2D eigenvalue weighted by atomic mass is 32.2. The van der Waals surface area contributed by atoms with Crippen LogP contribution in [-0.4, -0.2) is 11.1 Å². The summed E-state index contributed by atoms with van der Waals surface area (Å²) in [5, 5.41) is 11.0. The number of rotatable bonds is 3. The fourth-order valence-corrected chi connectivity index (χ4v) is 1.23. The average Bonchev–Trinajstić information content (AvgIpc) is 2.15. The van der Waals surface area contributed by atoms with Gasteiger partial charge in [0, 0.05) is 5.56 Å². The molecule has 0 saturated carbocycles. The molecule has 0 atom stereocenters. The maximum Gasteiger partial charge on any atom is 0.322 e. The number of benzene rings is 1. The molecule has 0 aliphatic heterocycles. The normalized spacial score (nSPS) is 10.3. The Morgan fingerprint density at radius 2 is 2.21 bits per heavy atom. The van der Waals surface area contributed by atoms with Crippen LogP contribution >= 0.6 is 11.9 Å². The van der Waals surface area contributed by atoms with Crippen molar-refractivity contribution >= 4 is 24.1 Å². The van der Waals surface area contributed by atoms with E-state index in [-0.39, 0.29) is 5.75 Å². The van der Waals surface area contributed by atoms with Gasteiger partial charge in [-0.15, -0.1) is 0 Å². The summed E-state index contributed by atoms with van der Waals surface area (Å²) in [5.74, 6) is 0.198. The third-order valence-electron chi connectivity index (χ3n) is 1.41. The van der Waals surface area contributed by atoms with Gasteiger partial charge in [-0.25, -0.2) is 4.79 Å². The molecule has 0 radical (unpaired) electrons. The van der Waals surface area contributed by atoms with Crippen LogP contribution < -0.4 is 10.5 Å². The van der Waals surface area contributed by atoms with Crippen LogP contribution in [0.25, 0.3) is 6.08 Å². The standard InChI is InChI=1S/C9H10N2O2S/c10-9(13)11-14-6-5-7-3-1-2-4-8(7)12/h1-6,12H,(H3,10,11,13). The van der Waals surface area contributed by atoms with Gasteiger partial charge < -0.3 is 10.8 Å². The highest BCUT2D eigenvalue weighted by Crippen LogP contribution is 2.17. The topological polar surface area (TPSA) is 75.4 Å². The number of para-hydroxylation sites is 1. The van der Waals surface area contributed by atoms with Crippen LogP contribution in [0.3, 0.4) is 0 Å². The fraction of sp³-hybridized carbons (Fsp3) is 0. The second kappa shape index (κ2) is 5.18. The number of primary amides is 1. The van der Waals surface area contributed by atoms with Crippen molar-refractivity contribution in [3.05, 3.63) is 35.2 Å². The van der Waals surface area contributed by atoms with E-state index in [2.05, 4.69) is 4.72 Å². The lowest BCUT2D eigenvalue weighted by molar-refractivity contribution is 0.254. The third kappa shape index (κ3) is 3.40. The lowest BCUT2D eigenvalue weighted by Gasteiger charge is -1.97. The Bertz CT molecular complexity index is 352. The first-order chi connectivity index (χ1) is 6.70. The number of hydrogen-bond donors (Lipinski definition) is 3. The Balaban J connectivity index is 2.52. The first kappa shape index (κ1) is 10.5. The van der Waals surface area contributed by atoms with Crippen molar-refractivity contribution in [3.63, 3.8) is 0 Å². The Hall–Kier alpha value is -1.62. The van der Waals surface area contributed by atoms with Crippen LogP contribution in [0.4, 0.5) is 4.79 Å². The number of nitrogens with two attached hydrogens (primary N) is 1. The number of phenolic OH excluding ortho intramolecular Hbond substituents is 1. The molecule has 0 aliphatic carbocycles. The monoisotopic (exact) mass is 210 g/mol. The molecule has 0 spiro atoms. The van der Waals surface area contributed by atoms with Crippen molar-refractivity contribution in [3.8, 4) is 5.75 Å². The van der Waals surface area contributed by atoms with E-state index in [9.17, 15) is 9.90 Å². The molecular weight excluding hydrogens is 200 g/mol. The molecule has 4 nitrogen and oxygen atoms in total. The van der Waals surface area contributed by atoms with Gasteiger partial charge in [0.15, 0.2) is 0 Å². The predicted octanol–water partition coefficient (Wildman–Crippen LogP) is 1.68. The highest BCUT2D eigenvalue weighted by Gasteiger charge is 1.93. The molecule has 4 N–H and O–H groups in total. The zero-order chi connectivity index (χ0) is 10.4. The molecule has 0 aromatic heterocycles. The van der Waals surface area contributed by atoms with Gasteiger partial charge in [0.2, 0.25) is 0 Å². The van der Waals surface area contributed by atoms with Gasteiger partial charge in [0.25, 0.3) is 0 Å². The van der Waals surface area contributed by atoms with Gasteiger partial charge in [-0.3, -0.25) is 4.72 Å². The number of aromatic hydroxyl groups is 1. The van der Waals surface area contributed by atoms with Crippen molar-refractivity contribution in [2.75, 3.05) is 0 Å². The van der Waals surface area contributed by atoms with Crippen molar-refractivity contribution in [2.24, 2.45) is 5.73 Å². The van der Waals surface area contributed by atoms with E-state index in [1.54, 1.807) is 29.7 Å². The Morgan fingerprint density at radius 3 is 2.86 bits per heavy atom. The number of carbonyl (C=O) groups excluding carboxylic acids is 1. The fourth-order valence-electron chi connectivity index (χ4n) is 0.828. The van der Waals surface area contributed by atoms with Gasteiger partial charge >= 0.3 is 6.03 Å². The summed E-state index contributed by atoms with van der Waals surface area (Å²) in [6.07, 6.45) is 1.68. The zero-order valence-corrected chi connectivity index (χ0v) is 8.12. The van der Waals surface area contributed by atoms with Gasteiger partial charge in [0.1, 0.15) is 5.75 Å². The second-order valence-corrected chi connectivity index (χ2v) is 3.16. The van der Waals surface area contributed by atoms with E-state index in [1.165, 1.54) is 0 Å². The minimum atomic E-state index is -0.600. The SMILES string of the molecule is NC(=O)NSC=Cc1ccccc1O. The molecule has 74 valence electrons. The molecule has 2 amide bonds. The van der Waals surface area contributed by atoms with Gasteiger partial charge in [-0.2, -0.15) is 0 Å². The largest absolute Gasteiger partial charge is 0.507 e. The smallest absolute Gasteiger partial charge is 0.322 e. The molecule has 0 heterocycles. The van der Waals surface area contributed by atoms with Crippen molar-refractivity contribution < 1.29 is 9.90 Å². The van der Waals surface area contributed by atoms with Crippen molar-refractivity contribution in [1.29, 1.82) is 0 Å². The molecule has 0 saturated heterocycles. The lowest BCUT2D eigenvalue weighted by Crippen LogP contribution is -2.22. The minimum absolute atomic E-state index is 0.198. The molecule has 1 aromatic rings. The van der Waals surface area contributed by atoms with Crippen molar-refractivity contribution in [1.82, 2.24) is 4.72 Å². The van der Waals surface area contributed by atoms with E-state index in [1.807, 2.05) is 6.07 Å². The van der Waals surface area contributed by atoms with Gasteiger partial charge in [-0.05, 0) is 29.5 Å². The maximum absolute atomic E-state index is 10.3. The van der Waals surface area contributed by atoms with E-state index >= 15 is 0 Å². The van der Waals surface area contributed by atoms with Crippen LogP contribution in [0.1, 0.15) is 5.56 Å². The number of hydrogen-bond acceptors (Lipinski definition) is 3. The summed E-state index contributed by atoms with van der Waals surface area (Å²) in [7, 11) is 0. The molecule has 0 bridgehead atoms. The minimum Gasteiger partial charge on any atom is -0.507 e. The Labute approximate surface area is 85.9 Å². The van der Waals surface area contributed by atoms with Crippen LogP contribution in [0, 0.1) is 0 Å². The predicted molar refractivity (Wildman–Crippen MR) is 57.5 cm³/mol. The van der Waals surface area contributed by atoms with E-state index < -0.39 is 6.03 Å². The van der Waals surface area contributed by atoms with Crippen LogP contribution in [-0.2, 0) is 0 Å². The summed E-state index contributed by atoms with van der Waals surface area (Å²) in [6.45, 7) is 0. The zero-order valence-electron chi connectivity index (χ0n) is 7.31. The molecular formula is C9H10N2O2S. The van der Waals surface area contributed by atoms with E-state index in [4.69, 9.17) is 5.73 Å². The summed E-state index contributed by atoms with van der Waals surface area (Å²) < 4.78 is 2.32. The summed E-state index contributed by atoms with van der Waals surface area (Å²) >= 11 is 1.05. The number of amides is 2. The quantitative estimate of drug-likeness (QED) is 0.664. The number of phenols is 1. The number of nitrogens with one attached hydrogen (secondary N) is 1. The summed E-state index contributed by atoms with van der Waals surface area (Å²) in [6, 6.07) is 6.30. The summed E-state index contributed by atoms with van der Waals surface area (Å²) in [4.78, 5) is 10.3. The third-order valence-corrected chi connectivity index (χ3v) is 2.00. The first-order valence-corrected chi connectivity index (χ1v) is 4.74. The maximum atomic E-state index is 10.3. The lowest BCUT2D eigenvalue weighted by atomic mass is 10.2. The van der Waals surface area contributed by atoms with Crippen molar-refractivity contribution in [2.45, 2.75) is 0 Å². The first-order valence-electron chi connectivity index (χ1n) is 3.86. The number of urea groups is 1. The van der Waals surface area contributed by atoms with Crippen LogP contribution in [0.2, 0.25) is 0 Å². The molecule has 0 aliphatic rings. The second-order valence-electron chi connectivity index (χ2n) is 2.45. The molecule has 14 heavy (non-hydrogen) atoms. The highest BCUT2D eigenvalue weighted by molar-refractivity contribution is 8.00. The Kier molecular flexibility index (Phi) is 3.87.